The van der Waals surface area contributed by atoms with Crippen LogP contribution in [0.1, 0.15) is 5.01 Å². The first kappa shape index (κ1) is 17.8. The summed E-state index contributed by atoms with van der Waals surface area (Å²) < 4.78 is 5.19. The van der Waals surface area contributed by atoms with Gasteiger partial charge < -0.3 is 10.1 Å². The number of thiazole rings is 1. The summed E-state index contributed by atoms with van der Waals surface area (Å²) in [5.41, 5.74) is 3.28. The summed E-state index contributed by atoms with van der Waals surface area (Å²) in [5, 5.41) is 17.8. The Morgan fingerprint density at radius 1 is 1.07 bits per heavy atom. The zero-order valence-electron chi connectivity index (χ0n) is 15.2. The lowest BCUT2D eigenvalue weighted by atomic mass is 10.1. The fourth-order valence-electron chi connectivity index (χ4n) is 2.93. The average Bonchev–Trinajstić information content (AvgIpc) is 3.24. The van der Waals surface area contributed by atoms with Crippen molar-refractivity contribution in [2.24, 2.45) is 0 Å². The molecule has 0 amide bonds. The first-order valence-electron chi connectivity index (χ1n) is 8.73. The second kappa shape index (κ2) is 7.95. The van der Waals surface area contributed by atoms with Gasteiger partial charge in [-0.25, -0.2) is 4.98 Å². The molecule has 0 aliphatic carbocycles. The number of methoxy groups -OCH3 is 1. The van der Waals surface area contributed by atoms with E-state index in [1.807, 2.05) is 53.9 Å². The van der Waals surface area contributed by atoms with Gasteiger partial charge in [0.25, 0.3) is 0 Å². The summed E-state index contributed by atoms with van der Waals surface area (Å²) in [6.07, 6.45) is 1.72. The third-order valence-corrected chi connectivity index (χ3v) is 5.28. The number of benzene rings is 3. The second-order valence-electron chi connectivity index (χ2n) is 6.11. The number of fused-ring (bicyclic) bond motifs is 1. The first-order valence-corrected chi connectivity index (χ1v) is 9.61. The minimum Gasteiger partial charge on any atom is -0.497 e. The van der Waals surface area contributed by atoms with Gasteiger partial charge in [0.15, 0.2) is 0 Å². The molecule has 28 heavy (non-hydrogen) atoms. The predicted octanol–water partition coefficient (Wildman–Crippen LogP) is 5.95. The minimum atomic E-state index is 0.498. The Hall–Kier alpha value is -3.62. The maximum atomic E-state index is 9.61. The van der Waals surface area contributed by atoms with Crippen LogP contribution in [0.5, 0.6) is 5.75 Å². The highest BCUT2D eigenvalue weighted by Crippen LogP contribution is 2.28. The van der Waals surface area contributed by atoms with E-state index in [1.54, 1.807) is 13.3 Å². The lowest BCUT2D eigenvalue weighted by Gasteiger charge is -2.06. The summed E-state index contributed by atoms with van der Waals surface area (Å²) in [6.45, 7) is 0. The standard InChI is InChI=1S/C23H17N3OS/c1-27-19-11-9-17(10-12-19)22-15-28-23(26-22)18(13-24)14-25-21-8-4-6-16-5-2-3-7-20(16)21/h2-12,14-15,25H,1H3/b18-14+. The molecule has 1 aromatic heterocycles. The normalized spacial score (nSPS) is 11.2. The topological polar surface area (TPSA) is 57.9 Å². The lowest BCUT2D eigenvalue weighted by Crippen LogP contribution is -1.92. The highest BCUT2D eigenvalue weighted by Gasteiger charge is 2.09. The van der Waals surface area contributed by atoms with Crippen LogP contribution in [-0.2, 0) is 0 Å². The smallest absolute Gasteiger partial charge is 0.136 e. The summed E-state index contributed by atoms with van der Waals surface area (Å²) in [4.78, 5) is 4.63. The molecule has 0 spiro atoms. The van der Waals surface area contributed by atoms with Crippen LogP contribution in [0.15, 0.2) is 78.3 Å². The lowest BCUT2D eigenvalue weighted by molar-refractivity contribution is 0.415. The molecule has 1 N–H and O–H groups in total. The number of nitriles is 1. The van der Waals surface area contributed by atoms with Gasteiger partial charge in [0.05, 0.1) is 12.8 Å². The average molecular weight is 383 g/mol. The SMILES string of the molecule is COc1ccc(-c2csc(/C(C#N)=C/Nc3cccc4ccccc34)n2)cc1. The Kier molecular flexibility index (Phi) is 5.05. The fourth-order valence-corrected chi connectivity index (χ4v) is 3.73. The number of hydrogen-bond acceptors (Lipinski definition) is 5. The van der Waals surface area contributed by atoms with Gasteiger partial charge in [0.1, 0.15) is 22.4 Å². The van der Waals surface area contributed by atoms with E-state index < -0.39 is 0 Å². The van der Waals surface area contributed by atoms with Crippen molar-refractivity contribution in [2.75, 3.05) is 12.4 Å². The van der Waals surface area contributed by atoms with E-state index in [2.05, 4.69) is 34.6 Å². The zero-order chi connectivity index (χ0) is 19.3. The number of nitrogens with zero attached hydrogens (tertiary/aromatic N) is 2. The molecular weight excluding hydrogens is 366 g/mol. The van der Waals surface area contributed by atoms with Crippen molar-refractivity contribution >= 4 is 33.4 Å². The molecule has 0 atom stereocenters. The molecule has 3 aromatic carbocycles. The van der Waals surface area contributed by atoms with Crippen molar-refractivity contribution < 1.29 is 4.74 Å². The molecule has 1 heterocycles. The number of hydrogen-bond donors (Lipinski definition) is 1. The molecule has 0 aliphatic heterocycles. The Morgan fingerprint density at radius 2 is 1.86 bits per heavy atom. The van der Waals surface area contributed by atoms with Gasteiger partial charge >= 0.3 is 0 Å². The molecule has 0 unspecified atom stereocenters. The number of allylic oxidation sites excluding steroid dienone is 1. The quantitative estimate of drug-likeness (QED) is 0.433. The monoisotopic (exact) mass is 383 g/mol. The van der Waals surface area contributed by atoms with Crippen LogP contribution in [-0.4, -0.2) is 12.1 Å². The molecule has 4 nitrogen and oxygen atoms in total. The maximum Gasteiger partial charge on any atom is 0.136 e. The highest BCUT2D eigenvalue weighted by atomic mass is 32.1. The molecule has 5 heteroatoms. The highest BCUT2D eigenvalue weighted by molar-refractivity contribution is 7.11. The van der Waals surface area contributed by atoms with E-state index >= 15 is 0 Å². The Balaban J connectivity index is 1.60. The van der Waals surface area contributed by atoms with Gasteiger partial charge in [0, 0.05) is 28.2 Å². The predicted molar refractivity (Wildman–Crippen MR) is 115 cm³/mol. The van der Waals surface area contributed by atoms with Crippen LogP contribution < -0.4 is 10.1 Å². The van der Waals surface area contributed by atoms with Gasteiger partial charge in [0.2, 0.25) is 0 Å². The molecular formula is C23H17N3OS. The third-order valence-electron chi connectivity index (χ3n) is 4.40. The van der Waals surface area contributed by atoms with Crippen LogP contribution in [0.2, 0.25) is 0 Å². The first-order chi connectivity index (χ1) is 13.8. The fraction of sp³-hybridized carbons (Fsp3) is 0.0435. The molecule has 0 saturated heterocycles. The number of rotatable bonds is 5. The molecule has 136 valence electrons. The molecule has 0 aliphatic rings. The van der Waals surface area contributed by atoms with Crippen molar-refractivity contribution in [2.45, 2.75) is 0 Å². The number of aromatic nitrogens is 1. The molecule has 4 rings (SSSR count). The van der Waals surface area contributed by atoms with E-state index in [1.165, 1.54) is 11.3 Å². The largest absolute Gasteiger partial charge is 0.497 e. The van der Waals surface area contributed by atoms with Crippen LogP contribution >= 0.6 is 11.3 Å². The number of ether oxygens (including phenoxy) is 1. The molecule has 0 radical (unpaired) electrons. The van der Waals surface area contributed by atoms with Gasteiger partial charge in [-0.05, 0) is 35.7 Å². The van der Waals surface area contributed by atoms with Gasteiger partial charge in [-0.3, -0.25) is 0 Å². The van der Waals surface area contributed by atoms with Crippen molar-refractivity contribution in [1.82, 2.24) is 4.98 Å². The second-order valence-corrected chi connectivity index (χ2v) is 6.97. The molecule has 4 aromatic rings. The summed E-state index contributed by atoms with van der Waals surface area (Å²) in [6, 6.07) is 24.2. The minimum absolute atomic E-state index is 0.498. The van der Waals surface area contributed by atoms with Crippen molar-refractivity contribution in [1.29, 1.82) is 5.26 Å². The van der Waals surface area contributed by atoms with Crippen molar-refractivity contribution in [3.63, 3.8) is 0 Å². The molecule has 0 bridgehead atoms. The van der Waals surface area contributed by atoms with E-state index in [0.717, 1.165) is 33.5 Å². The van der Waals surface area contributed by atoms with Crippen LogP contribution in [0.3, 0.4) is 0 Å². The van der Waals surface area contributed by atoms with Crippen molar-refractivity contribution in [3.05, 3.63) is 83.3 Å². The molecule has 0 saturated carbocycles. The van der Waals surface area contributed by atoms with Gasteiger partial charge in [-0.1, -0.05) is 36.4 Å². The van der Waals surface area contributed by atoms with Crippen molar-refractivity contribution in [3.8, 4) is 23.1 Å². The van der Waals surface area contributed by atoms with E-state index in [9.17, 15) is 5.26 Å². The van der Waals surface area contributed by atoms with Gasteiger partial charge in [-0.15, -0.1) is 11.3 Å². The summed E-state index contributed by atoms with van der Waals surface area (Å²) in [5.74, 6) is 0.802. The third kappa shape index (κ3) is 3.59. The number of anilines is 1. The van der Waals surface area contributed by atoms with Gasteiger partial charge in [-0.2, -0.15) is 5.26 Å². The Morgan fingerprint density at radius 3 is 2.64 bits per heavy atom. The summed E-state index contributed by atoms with van der Waals surface area (Å²) in [7, 11) is 1.64. The van der Waals surface area contributed by atoms with E-state index in [0.29, 0.717) is 10.6 Å². The molecule has 0 fully saturated rings. The zero-order valence-corrected chi connectivity index (χ0v) is 16.0. The van der Waals surface area contributed by atoms with E-state index in [-0.39, 0.29) is 0 Å². The van der Waals surface area contributed by atoms with Crippen LogP contribution in [0.4, 0.5) is 5.69 Å². The van der Waals surface area contributed by atoms with Crippen LogP contribution in [0.25, 0.3) is 27.6 Å². The van der Waals surface area contributed by atoms with E-state index in [4.69, 9.17) is 4.74 Å². The maximum absolute atomic E-state index is 9.61. The van der Waals surface area contributed by atoms with Crippen LogP contribution in [0, 0.1) is 11.3 Å². The Bertz CT molecular complexity index is 1180. The Labute approximate surface area is 167 Å². The number of nitrogens with one attached hydrogen (secondary N) is 1. The summed E-state index contributed by atoms with van der Waals surface area (Å²) >= 11 is 1.45.